The SMILES string of the molecule is CC(C)(C)c1ccc(CCC(=O)Nc2[nH]c3ccccc3c2C=O)cc1. The number of amides is 1. The van der Waals surface area contributed by atoms with Gasteiger partial charge in [-0.15, -0.1) is 0 Å². The third-order valence-corrected chi connectivity index (χ3v) is 4.59. The second-order valence-electron chi connectivity index (χ2n) is 7.57. The summed E-state index contributed by atoms with van der Waals surface area (Å²) >= 11 is 0. The van der Waals surface area contributed by atoms with Crippen molar-refractivity contribution in [3.8, 4) is 0 Å². The normalized spacial score (nSPS) is 11.5. The first-order chi connectivity index (χ1) is 12.4. The Morgan fingerprint density at radius 3 is 2.42 bits per heavy atom. The molecule has 0 saturated heterocycles. The fraction of sp³-hybridized carbons (Fsp3) is 0.273. The summed E-state index contributed by atoms with van der Waals surface area (Å²) in [5.41, 5.74) is 3.85. The second kappa shape index (κ2) is 7.16. The van der Waals surface area contributed by atoms with Crippen LogP contribution in [0.1, 0.15) is 48.7 Å². The quantitative estimate of drug-likeness (QED) is 0.648. The van der Waals surface area contributed by atoms with Gasteiger partial charge in [0.15, 0.2) is 6.29 Å². The van der Waals surface area contributed by atoms with Gasteiger partial charge in [0.1, 0.15) is 5.82 Å². The van der Waals surface area contributed by atoms with Crippen molar-refractivity contribution in [2.75, 3.05) is 5.32 Å². The molecule has 0 saturated carbocycles. The van der Waals surface area contributed by atoms with Crippen LogP contribution in [0.5, 0.6) is 0 Å². The highest BCUT2D eigenvalue weighted by molar-refractivity contribution is 6.06. The number of fused-ring (bicyclic) bond motifs is 1. The highest BCUT2D eigenvalue weighted by atomic mass is 16.1. The third kappa shape index (κ3) is 3.85. The lowest BCUT2D eigenvalue weighted by atomic mass is 9.86. The van der Waals surface area contributed by atoms with E-state index in [9.17, 15) is 9.59 Å². The third-order valence-electron chi connectivity index (χ3n) is 4.59. The molecule has 1 heterocycles. The summed E-state index contributed by atoms with van der Waals surface area (Å²) in [6, 6.07) is 15.9. The molecule has 0 spiro atoms. The zero-order valence-electron chi connectivity index (χ0n) is 15.4. The van der Waals surface area contributed by atoms with Crippen molar-refractivity contribution in [2.45, 2.75) is 39.0 Å². The molecule has 3 aromatic rings. The Hall–Kier alpha value is -2.88. The van der Waals surface area contributed by atoms with Crippen molar-refractivity contribution in [1.82, 2.24) is 4.98 Å². The van der Waals surface area contributed by atoms with E-state index in [1.54, 1.807) is 0 Å². The predicted octanol–water partition coefficient (Wildman–Crippen LogP) is 4.85. The van der Waals surface area contributed by atoms with E-state index in [0.717, 1.165) is 22.8 Å². The van der Waals surface area contributed by atoms with Crippen molar-refractivity contribution >= 4 is 28.9 Å². The van der Waals surface area contributed by atoms with Crippen LogP contribution in [0.15, 0.2) is 48.5 Å². The van der Waals surface area contributed by atoms with Gasteiger partial charge in [-0.05, 0) is 29.0 Å². The van der Waals surface area contributed by atoms with E-state index >= 15 is 0 Å². The average Bonchev–Trinajstić information content (AvgIpc) is 2.96. The van der Waals surface area contributed by atoms with E-state index in [2.05, 4.69) is 55.3 Å². The summed E-state index contributed by atoms with van der Waals surface area (Å²) in [6.45, 7) is 6.54. The molecular weight excluding hydrogens is 324 g/mol. The number of benzene rings is 2. The Morgan fingerprint density at radius 2 is 1.77 bits per heavy atom. The van der Waals surface area contributed by atoms with Gasteiger partial charge >= 0.3 is 0 Å². The highest BCUT2D eigenvalue weighted by Gasteiger charge is 2.14. The molecule has 2 aromatic carbocycles. The zero-order chi connectivity index (χ0) is 18.7. The summed E-state index contributed by atoms with van der Waals surface area (Å²) in [4.78, 5) is 26.8. The number of rotatable bonds is 5. The van der Waals surface area contributed by atoms with Gasteiger partial charge in [-0.2, -0.15) is 0 Å². The fourth-order valence-electron chi connectivity index (χ4n) is 3.02. The van der Waals surface area contributed by atoms with E-state index in [4.69, 9.17) is 0 Å². The molecular formula is C22H24N2O2. The molecule has 0 atom stereocenters. The van der Waals surface area contributed by atoms with E-state index < -0.39 is 0 Å². The van der Waals surface area contributed by atoms with Gasteiger partial charge in [-0.3, -0.25) is 9.59 Å². The van der Waals surface area contributed by atoms with Crippen molar-refractivity contribution in [3.05, 3.63) is 65.2 Å². The molecule has 4 heteroatoms. The first-order valence-electron chi connectivity index (χ1n) is 8.83. The molecule has 3 rings (SSSR count). The Balaban J connectivity index is 1.65. The van der Waals surface area contributed by atoms with E-state index in [1.807, 2.05) is 24.3 Å². The largest absolute Gasteiger partial charge is 0.341 e. The number of para-hydroxylation sites is 1. The van der Waals surface area contributed by atoms with Gasteiger partial charge in [0.2, 0.25) is 5.91 Å². The minimum Gasteiger partial charge on any atom is -0.341 e. The van der Waals surface area contributed by atoms with Gasteiger partial charge in [0.05, 0.1) is 5.56 Å². The van der Waals surface area contributed by atoms with Crippen molar-refractivity contribution < 1.29 is 9.59 Å². The van der Waals surface area contributed by atoms with Gasteiger partial charge in [-0.1, -0.05) is 63.2 Å². The molecule has 4 nitrogen and oxygen atoms in total. The number of hydrogen-bond donors (Lipinski definition) is 2. The van der Waals surface area contributed by atoms with Crippen LogP contribution in [-0.2, 0) is 16.6 Å². The zero-order valence-corrected chi connectivity index (χ0v) is 15.4. The Kier molecular flexibility index (Phi) is 4.94. The Morgan fingerprint density at radius 1 is 1.08 bits per heavy atom. The minimum absolute atomic E-state index is 0.112. The van der Waals surface area contributed by atoms with E-state index in [0.29, 0.717) is 24.2 Å². The molecule has 1 amide bonds. The molecule has 0 aliphatic rings. The number of aryl methyl sites for hydroxylation is 1. The van der Waals surface area contributed by atoms with Crippen molar-refractivity contribution in [3.63, 3.8) is 0 Å². The lowest BCUT2D eigenvalue weighted by molar-refractivity contribution is -0.116. The topological polar surface area (TPSA) is 62.0 Å². The molecule has 0 unspecified atom stereocenters. The number of H-pyrrole nitrogens is 1. The maximum atomic E-state index is 12.3. The summed E-state index contributed by atoms with van der Waals surface area (Å²) in [6.07, 6.45) is 1.80. The summed E-state index contributed by atoms with van der Waals surface area (Å²) in [7, 11) is 0. The van der Waals surface area contributed by atoms with E-state index in [1.165, 1.54) is 5.56 Å². The molecule has 2 N–H and O–H groups in total. The summed E-state index contributed by atoms with van der Waals surface area (Å²) < 4.78 is 0. The minimum atomic E-state index is -0.112. The second-order valence-corrected chi connectivity index (χ2v) is 7.57. The average molecular weight is 348 g/mol. The van der Waals surface area contributed by atoms with Gasteiger partial charge in [0.25, 0.3) is 0 Å². The maximum Gasteiger partial charge on any atom is 0.225 e. The van der Waals surface area contributed by atoms with Crippen LogP contribution in [0.2, 0.25) is 0 Å². The molecule has 0 aliphatic heterocycles. The monoisotopic (exact) mass is 348 g/mol. The number of aldehydes is 1. The predicted molar refractivity (Wildman–Crippen MR) is 106 cm³/mol. The molecule has 0 fully saturated rings. The van der Waals surface area contributed by atoms with Crippen LogP contribution in [0.4, 0.5) is 5.82 Å². The number of aromatic amines is 1. The summed E-state index contributed by atoms with van der Waals surface area (Å²) in [5.74, 6) is 0.355. The number of nitrogens with one attached hydrogen (secondary N) is 2. The van der Waals surface area contributed by atoms with Crippen LogP contribution in [-0.4, -0.2) is 17.2 Å². The molecule has 0 radical (unpaired) electrons. The van der Waals surface area contributed by atoms with Crippen LogP contribution in [0, 0.1) is 0 Å². The van der Waals surface area contributed by atoms with Crippen LogP contribution < -0.4 is 5.32 Å². The molecule has 0 aliphatic carbocycles. The van der Waals surface area contributed by atoms with Crippen LogP contribution in [0.3, 0.4) is 0 Å². The maximum absolute atomic E-state index is 12.3. The van der Waals surface area contributed by atoms with Gasteiger partial charge in [-0.25, -0.2) is 0 Å². The molecule has 1 aromatic heterocycles. The van der Waals surface area contributed by atoms with Crippen molar-refractivity contribution in [2.24, 2.45) is 0 Å². The highest BCUT2D eigenvalue weighted by Crippen LogP contribution is 2.25. The number of aromatic nitrogens is 1. The van der Waals surface area contributed by atoms with Gasteiger partial charge in [0, 0.05) is 17.3 Å². The number of carbonyl (C=O) groups excluding carboxylic acids is 2. The number of carbonyl (C=O) groups is 2. The molecule has 26 heavy (non-hydrogen) atoms. The van der Waals surface area contributed by atoms with Crippen LogP contribution in [0.25, 0.3) is 10.9 Å². The number of hydrogen-bond acceptors (Lipinski definition) is 2. The lowest BCUT2D eigenvalue weighted by Crippen LogP contribution is -2.14. The lowest BCUT2D eigenvalue weighted by Gasteiger charge is -2.19. The summed E-state index contributed by atoms with van der Waals surface area (Å²) in [5, 5.41) is 3.65. The smallest absolute Gasteiger partial charge is 0.225 e. The van der Waals surface area contributed by atoms with Gasteiger partial charge < -0.3 is 10.3 Å². The first-order valence-corrected chi connectivity index (χ1v) is 8.83. The Labute approximate surface area is 153 Å². The van der Waals surface area contributed by atoms with E-state index in [-0.39, 0.29) is 11.3 Å². The van der Waals surface area contributed by atoms with Crippen LogP contribution >= 0.6 is 0 Å². The first kappa shape index (κ1) is 17.9. The number of anilines is 1. The fourth-order valence-corrected chi connectivity index (χ4v) is 3.02. The van der Waals surface area contributed by atoms with Crippen molar-refractivity contribution in [1.29, 1.82) is 0 Å². The standard InChI is InChI=1S/C22H24N2O2/c1-22(2,3)16-11-8-15(9-12-16)10-13-20(26)24-21-18(14-25)17-6-4-5-7-19(17)23-21/h4-9,11-12,14,23H,10,13H2,1-3H3,(H,24,26). The molecule has 134 valence electrons. The Bertz CT molecular complexity index is 931. The molecule has 0 bridgehead atoms.